The van der Waals surface area contributed by atoms with Crippen molar-refractivity contribution in [2.75, 3.05) is 13.1 Å². The molecule has 2 aliphatic carbocycles. The monoisotopic (exact) mass is 307 g/mol. The highest BCUT2D eigenvalue weighted by Gasteiger charge is 2.50. The molecule has 0 spiro atoms. The Kier molecular flexibility index (Phi) is 3.07. The number of hydrogen-bond acceptors (Lipinski definition) is 4. The van der Waals surface area contributed by atoms with Gasteiger partial charge >= 0.3 is 0 Å². The van der Waals surface area contributed by atoms with E-state index in [1.54, 1.807) is 4.68 Å². The fraction of sp³-hybridized carbons (Fsp3) is 0.667. The second kappa shape index (κ2) is 4.87. The zero-order valence-corrected chi connectivity index (χ0v) is 12.1. The van der Waals surface area contributed by atoms with Crippen molar-refractivity contribution < 1.29 is 19.1 Å². The summed E-state index contributed by atoms with van der Waals surface area (Å²) in [5.74, 6) is 0.684. The van der Waals surface area contributed by atoms with Crippen LogP contribution < -0.4 is 0 Å². The molecular formula is C15H18FN3O3. The number of aliphatic hydroxyl groups excluding tert-OH is 1. The maximum atomic E-state index is 13.7. The third-order valence-corrected chi connectivity index (χ3v) is 5.09. The predicted octanol–water partition coefficient (Wildman–Crippen LogP) is 0.286. The van der Waals surface area contributed by atoms with Gasteiger partial charge in [0.15, 0.2) is 5.69 Å². The number of likely N-dealkylation sites (tertiary alicyclic amines) is 1. The molecule has 1 amide bonds. The van der Waals surface area contributed by atoms with E-state index < -0.39 is 12.3 Å². The molecule has 0 aromatic carbocycles. The molecule has 22 heavy (non-hydrogen) atoms. The summed E-state index contributed by atoms with van der Waals surface area (Å²) in [4.78, 5) is 24.9. The van der Waals surface area contributed by atoms with Crippen LogP contribution in [0.3, 0.4) is 0 Å². The number of aromatic nitrogens is 2. The average molecular weight is 307 g/mol. The molecule has 4 rings (SSSR count). The predicted molar refractivity (Wildman–Crippen MR) is 74.3 cm³/mol. The average Bonchev–Trinajstić information content (AvgIpc) is 3.02. The summed E-state index contributed by atoms with van der Waals surface area (Å²) in [6.07, 6.45) is 0.575. The first kappa shape index (κ1) is 13.9. The van der Waals surface area contributed by atoms with Gasteiger partial charge in [0.1, 0.15) is 12.5 Å². The highest BCUT2D eigenvalue weighted by Crippen LogP contribution is 2.57. The third-order valence-electron chi connectivity index (χ3n) is 5.09. The van der Waals surface area contributed by atoms with Gasteiger partial charge in [0.2, 0.25) is 0 Å². The molecule has 1 aliphatic heterocycles. The number of piperidine rings is 1. The molecule has 1 saturated carbocycles. The molecule has 118 valence electrons. The van der Waals surface area contributed by atoms with Gasteiger partial charge in [-0.25, -0.2) is 4.39 Å². The quantitative estimate of drug-likeness (QED) is 0.814. The third kappa shape index (κ3) is 1.99. The molecule has 0 bridgehead atoms. The fourth-order valence-corrected chi connectivity index (χ4v) is 3.80. The number of aliphatic hydroxyl groups is 1. The molecule has 1 saturated heterocycles. The van der Waals surface area contributed by atoms with E-state index in [0.717, 1.165) is 30.4 Å². The zero-order chi connectivity index (χ0) is 15.4. The van der Waals surface area contributed by atoms with Gasteiger partial charge in [-0.15, -0.1) is 0 Å². The lowest BCUT2D eigenvalue weighted by Gasteiger charge is -2.31. The van der Waals surface area contributed by atoms with Gasteiger partial charge in [0.05, 0.1) is 19.2 Å². The van der Waals surface area contributed by atoms with Crippen LogP contribution >= 0.6 is 0 Å². The maximum Gasteiger partial charge on any atom is 0.274 e. The van der Waals surface area contributed by atoms with Crippen molar-refractivity contribution in [3.8, 4) is 0 Å². The van der Waals surface area contributed by atoms with Gasteiger partial charge in [-0.1, -0.05) is 0 Å². The molecule has 6 nitrogen and oxygen atoms in total. The van der Waals surface area contributed by atoms with Crippen LogP contribution in [0.25, 0.3) is 0 Å². The minimum Gasteiger partial charge on any atom is -0.390 e. The van der Waals surface area contributed by atoms with Crippen LogP contribution in [0.15, 0.2) is 0 Å². The molecule has 0 radical (unpaired) electrons. The minimum atomic E-state index is -1.41. The number of aldehydes is 1. The Morgan fingerprint density at radius 1 is 1.50 bits per heavy atom. The minimum absolute atomic E-state index is 0.0938. The van der Waals surface area contributed by atoms with Gasteiger partial charge in [-0.05, 0) is 31.1 Å². The largest absolute Gasteiger partial charge is 0.390 e. The van der Waals surface area contributed by atoms with E-state index in [2.05, 4.69) is 5.10 Å². The van der Waals surface area contributed by atoms with Crippen molar-refractivity contribution in [1.82, 2.24) is 14.7 Å². The van der Waals surface area contributed by atoms with Crippen molar-refractivity contribution in [2.45, 2.75) is 44.0 Å². The first-order chi connectivity index (χ1) is 10.6. The Bertz CT molecular complexity index is 644. The van der Waals surface area contributed by atoms with Crippen molar-refractivity contribution in [3.05, 3.63) is 17.0 Å². The standard InChI is InChI=1S/C15H18FN3O3/c16-10-7-18(2-1-12(10)21)15(22)14-13-9-5-8(9)6-11(13)19(17-14)3-4-20/h4,8-10,12,21H,1-3,5-7H2/t8-,9-,10-,12+/m1/s1. The highest BCUT2D eigenvalue weighted by molar-refractivity contribution is 5.95. The first-order valence-electron chi connectivity index (χ1n) is 7.74. The molecule has 7 heteroatoms. The Morgan fingerprint density at radius 3 is 3.05 bits per heavy atom. The Hall–Kier alpha value is -1.76. The van der Waals surface area contributed by atoms with Crippen LogP contribution in [-0.2, 0) is 17.8 Å². The molecular weight excluding hydrogens is 289 g/mol. The lowest BCUT2D eigenvalue weighted by molar-refractivity contribution is -0.108. The zero-order valence-electron chi connectivity index (χ0n) is 12.1. The van der Waals surface area contributed by atoms with Crippen molar-refractivity contribution in [2.24, 2.45) is 5.92 Å². The molecule has 4 atom stereocenters. The van der Waals surface area contributed by atoms with Gasteiger partial charge in [-0.2, -0.15) is 5.10 Å². The molecule has 2 heterocycles. The lowest BCUT2D eigenvalue weighted by Crippen LogP contribution is -2.47. The molecule has 3 aliphatic rings. The van der Waals surface area contributed by atoms with Crippen molar-refractivity contribution >= 4 is 12.2 Å². The number of carbonyl (C=O) groups excluding carboxylic acids is 2. The summed E-state index contributed by atoms with van der Waals surface area (Å²) < 4.78 is 15.3. The van der Waals surface area contributed by atoms with Gasteiger partial charge in [0.25, 0.3) is 5.91 Å². The molecule has 1 aromatic rings. The van der Waals surface area contributed by atoms with Crippen LogP contribution in [0.4, 0.5) is 4.39 Å². The molecule has 1 N–H and O–H groups in total. The Labute approximate surface area is 126 Å². The summed E-state index contributed by atoms with van der Waals surface area (Å²) in [5, 5.41) is 13.8. The van der Waals surface area contributed by atoms with Crippen LogP contribution in [0.5, 0.6) is 0 Å². The normalized spacial score (nSPS) is 32.5. The second-order valence-electron chi connectivity index (χ2n) is 6.49. The van der Waals surface area contributed by atoms with Crippen LogP contribution in [0.2, 0.25) is 0 Å². The number of amides is 1. The number of alkyl halides is 1. The van der Waals surface area contributed by atoms with E-state index in [1.165, 1.54) is 4.90 Å². The number of hydrogen-bond donors (Lipinski definition) is 1. The second-order valence-corrected chi connectivity index (χ2v) is 6.49. The maximum absolute atomic E-state index is 13.7. The smallest absolute Gasteiger partial charge is 0.274 e. The topological polar surface area (TPSA) is 75.4 Å². The summed E-state index contributed by atoms with van der Waals surface area (Å²) >= 11 is 0. The van der Waals surface area contributed by atoms with E-state index in [0.29, 0.717) is 24.1 Å². The number of nitrogens with zero attached hydrogens (tertiary/aromatic N) is 3. The lowest BCUT2D eigenvalue weighted by atomic mass is 10.0. The van der Waals surface area contributed by atoms with E-state index in [4.69, 9.17) is 0 Å². The van der Waals surface area contributed by atoms with Crippen molar-refractivity contribution in [1.29, 1.82) is 0 Å². The van der Waals surface area contributed by atoms with Crippen molar-refractivity contribution in [3.63, 3.8) is 0 Å². The van der Waals surface area contributed by atoms with Gasteiger partial charge in [0, 0.05) is 17.8 Å². The first-order valence-corrected chi connectivity index (χ1v) is 7.74. The van der Waals surface area contributed by atoms with Gasteiger partial charge in [-0.3, -0.25) is 9.48 Å². The van der Waals surface area contributed by atoms with Crippen LogP contribution in [-0.4, -0.2) is 57.3 Å². The van der Waals surface area contributed by atoms with E-state index in [-0.39, 0.29) is 25.4 Å². The molecule has 2 fully saturated rings. The number of fused-ring (bicyclic) bond motifs is 3. The van der Waals surface area contributed by atoms with E-state index in [9.17, 15) is 19.1 Å². The SMILES string of the molecule is O=CCn1nc(C(=O)N2CC[C@H](O)[C@H](F)C2)c2c1C[C@H]1C[C@@H]21. The van der Waals surface area contributed by atoms with E-state index in [1.807, 2.05) is 0 Å². The summed E-state index contributed by atoms with van der Waals surface area (Å²) in [5.41, 5.74) is 2.34. The number of rotatable bonds is 3. The Balaban J connectivity index is 1.64. The fourth-order valence-electron chi connectivity index (χ4n) is 3.80. The highest BCUT2D eigenvalue weighted by atomic mass is 19.1. The Morgan fingerprint density at radius 2 is 2.32 bits per heavy atom. The van der Waals surface area contributed by atoms with Crippen LogP contribution in [0.1, 0.15) is 40.5 Å². The summed E-state index contributed by atoms with van der Waals surface area (Å²) in [6.45, 7) is 0.396. The number of carbonyl (C=O) groups is 2. The molecule has 1 aromatic heterocycles. The van der Waals surface area contributed by atoms with Gasteiger partial charge < -0.3 is 14.8 Å². The molecule has 0 unspecified atom stereocenters. The van der Waals surface area contributed by atoms with Crippen LogP contribution in [0, 0.1) is 5.92 Å². The number of halogens is 1. The van der Waals surface area contributed by atoms with E-state index >= 15 is 0 Å². The summed E-state index contributed by atoms with van der Waals surface area (Å²) in [7, 11) is 0. The summed E-state index contributed by atoms with van der Waals surface area (Å²) in [6, 6.07) is 0.